The van der Waals surface area contributed by atoms with E-state index in [2.05, 4.69) is 45.3 Å². The second-order valence-corrected chi connectivity index (χ2v) is 5.24. The summed E-state index contributed by atoms with van der Waals surface area (Å²) in [6.45, 7) is 6.91. The molecular formula is C13H20N4S. The summed E-state index contributed by atoms with van der Waals surface area (Å²) in [7, 11) is 0. The Morgan fingerprint density at radius 1 is 1.33 bits per heavy atom. The first kappa shape index (κ1) is 13.2. The quantitative estimate of drug-likeness (QED) is 0.835. The summed E-state index contributed by atoms with van der Waals surface area (Å²) in [6.07, 6.45) is 6.21. The number of hydrogen-bond donors (Lipinski definition) is 1. The maximum absolute atomic E-state index is 4.62. The SMILES string of the molecule is CCCc1nc(Cn2cnc(CNCC)c2)cs1. The molecule has 1 N–H and O–H groups in total. The van der Waals surface area contributed by atoms with E-state index in [1.54, 1.807) is 11.3 Å². The first-order chi connectivity index (χ1) is 8.81. The van der Waals surface area contributed by atoms with Crippen molar-refractivity contribution in [3.05, 3.63) is 34.3 Å². The Kier molecular flexibility index (Phi) is 4.90. The molecule has 0 aliphatic carbocycles. The largest absolute Gasteiger partial charge is 0.331 e. The number of aryl methyl sites for hydroxylation is 1. The summed E-state index contributed by atoms with van der Waals surface area (Å²) in [5.74, 6) is 0. The highest BCUT2D eigenvalue weighted by Gasteiger charge is 2.03. The molecule has 0 aliphatic heterocycles. The summed E-state index contributed by atoms with van der Waals surface area (Å²) in [5.41, 5.74) is 2.22. The molecule has 0 unspecified atom stereocenters. The molecule has 0 amide bonds. The van der Waals surface area contributed by atoms with Gasteiger partial charge in [0.2, 0.25) is 0 Å². The van der Waals surface area contributed by atoms with Crippen LogP contribution in [-0.2, 0) is 19.5 Å². The summed E-state index contributed by atoms with van der Waals surface area (Å²) in [4.78, 5) is 8.99. The Morgan fingerprint density at radius 3 is 3.00 bits per heavy atom. The van der Waals surface area contributed by atoms with E-state index < -0.39 is 0 Å². The minimum absolute atomic E-state index is 0.819. The number of nitrogens with one attached hydrogen (secondary N) is 1. The first-order valence-electron chi connectivity index (χ1n) is 6.46. The average molecular weight is 264 g/mol. The molecule has 0 saturated carbocycles. The molecule has 4 nitrogen and oxygen atoms in total. The van der Waals surface area contributed by atoms with Gasteiger partial charge in [-0.2, -0.15) is 0 Å². The van der Waals surface area contributed by atoms with Crippen molar-refractivity contribution < 1.29 is 0 Å². The van der Waals surface area contributed by atoms with Gasteiger partial charge in [-0.3, -0.25) is 0 Å². The molecule has 18 heavy (non-hydrogen) atoms. The lowest BCUT2D eigenvalue weighted by Gasteiger charge is -1.98. The van der Waals surface area contributed by atoms with Gasteiger partial charge in [0, 0.05) is 18.1 Å². The first-order valence-corrected chi connectivity index (χ1v) is 7.34. The minimum atomic E-state index is 0.819. The van der Waals surface area contributed by atoms with Crippen LogP contribution in [0.2, 0.25) is 0 Å². The lowest BCUT2D eigenvalue weighted by Crippen LogP contribution is -2.11. The van der Waals surface area contributed by atoms with Crippen LogP contribution < -0.4 is 5.32 Å². The zero-order valence-electron chi connectivity index (χ0n) is 11.0. The molecule has 0 aromatic carbocycles. The predicted molar refractivity (Wildman–Crippen MR) is 74.8 cm³/mol. The maximum Gasteiger partial charge on any atom is 0.0953 e. The summed E-state index contributed by atoms with van der Waals surface area (Å²) >= 11 is 1.76. The summed E-state index contributed by atoms with van der Waals surface area (Å²) < 4.78 is 2.09. The monoisotopic (exact) mass is 264 g/mol. The van der Waals surface area contributed by atoms with Crippen molar-refractivity contribution in [2.24, 2.45) is 0 Å². The number of hydrogen-bond acceptors (Lipinski definition) is 4. The number of nitrogens with zero attached hydrogens (tertiary/aromatic N) is 3. The highest BCUT2D eigenvalue weighted by Crippen LogP contribution is 2.13. The van der Waals surface area contributed by atoms with Gasteiger partial charge in [0.15, 0.2) is 0 Å². The van der Waals surface area contributed by atoms with E-state index in [-0.39, 0.29) is 0 Å². The molecule has 0 fully saturated rings. The van der Waals surface area contributed by atoms with Gasteiger partial charge in [-0.05, 0) is 19.4 Å². The van der Waals surface area contributed by atoms with Gasteiger partial charge >= 0.3 is 0 Å². The number of aromatic nitrogens is 3. The normalized spacial score (nSPS) is 11.0. The molecule has 2 aromatic heterocycles. The van der Waals surface area contributed by atoms with Crippen LogP contribution in [0.25, 0.3) is 0 Å². The molecular weight excluding hydrogens is 244 g/mol. The molecule has 0 atom stereocenters. The van der Waals surface area contributed by atoms with E-state index >= 15 is 0 Å². The number of imidazole rings is 1. The molecule has 0 saturated heterocycles. The fraction of sp³-hybridized carbons (Fsp3) is 0.538. The third kappa shape index (κ3) is 3.65. The molecule has 5 heteroatoms. The molecule has 0 radical (unpaired) electrons. The minimum Gasteiger partial charge on any atom is -0.331 e. The predicted octanol–water partition coefficient (Wildman–Crippen LogP) is 2.45. The zero-order chi connectivity index (χ0) is 12.8. The Morgan fingerprint density at radius 2 is 2.22 bits per heavy atom. The smallest absolute Gasteiger partial charge is 0.0953 e. The lowest BCUT2D eigenvalue weighted by atomic mass is 10.3. The van der Waals surface area contributed by atoms with Gasteiger partial charge in [-0.15, -0.1) is 11.3 Å². The van der Waals surface area contributed by atoms with E-state index in [0.717, 1.165) is 43.9 Å². The molecule has 0 spiro atoms. The van der Waals surface area contributed by atoms with Gasteiger partial charge in [0.1, 0.15) is 0 Å². The van der Waals surface area contributed by atoms with Crippen LogP contribution in [0, 0.1) is 0 Å². The molecule has 0 bridgehead atoms. The summed E-state index contributed by atoms with van der Waals surface area (Å²) in [6, 6.07) is 0. The van der Waals surface area contributed by atoms with Crippen LogP contribution in [0.4, 0.5) is 0 Å². The standard InChI is InChI=1S/C13H20N4S/c1-3-5-13-16-12(9-18-13)8-17-7-11(15-10-17)6-14-4-2/h7,9-10,14H,3-6,8H2,1-2H3. The van der Waals surface area contributed by atoms with Crippen molar-refractivity contribution in [2.75, 3.05) is 6.54 Å². The third-order valence-corrected chi connectivity index (χ3v) is 3.61. The Hall–Kier alpha value is -1.20. The van der Waals surface area contributed by atoms with E-state index in [0.29, 0.717) is 0 Å². The van der Waals surface area contributed by atoms with E-state index in [1.165, 1.54) is 5.01 Å². The Labute approximate surface area is 112 Å². The topological polar surface area (TPSA) is 42.7 Å². The lowest BCUT2D eigenvalue weighted by molar-refractivity contribution is 0.711. The van der Waals surface area contributed by atoms with Crippen molar-refractivity contribution in [1.29, 1.82) is 0 Å². The highest BCUT2D eigenvalue weighted by atomic mass is 32.1. The zero-order valence-corrected chi connectivity index (χ0v) is 11.8. The molecule has 2 heterocycles. The van der Waals surface area contributed by atoms with E-state index in [4.69, 9.17) is 0 Å². The maximum atomic E-state index is 4.62. The van der Waals surface area contributed by atoms with Crippen molar-refractivity contribution in [3.8, 4) is 0 Å². The molecule has 0 aliphatic rings. The van der Waals surface area contributed by atoms with Gasteiger partial charge < -0.3 is 9.88 Å². The molecule has 2 rings (SSSR count). The fourth-order valence-electron chi connectivity index (χ4n) is 1.77. The average Bonchev–Trinajstić information content (AvgIpc) is 2.98. The highest BCUT2D eigenvalue weighted by molar-refractivity contribution is 7.09. The van der Waals surface area contributed by atoms with Gasteiger partial charge in [0.25, 0.3) is 0 Å². The van der Waals surface area contributed by atoms with Crippen LogP contribution in [-0.4, -0.2) is 21.1 Å². The van der Waals surface area contributed by atoms with Crippen molar-refractivity contribution >= 4 is 11.3 Å². The number of thiazole rings is 1. The van der Waals surface area contributed by atoms with Crippen molar-refractivity contribution in [3.63, 3.8) is 0 Å². The van der Waals surface area contributed by atoms with E-state index in [1.807, 2.05) is 6.33 Å². The molecule has 2 aromatic rings. The van der Waals surface area contributed by atoms with Crippen molar-refractivity contribution in [2.45, 2.75) is 39.8 Å². The fourth-order valence-corrected chi connectivity index (χ4v) is 2.67. The Balaban J connectivity index is 1.93. The third-order valence-electron chi connectivity index (χ3n) is 2.65. The summed E-state index contributed by atoms with van der Waals surface area (Å²) in [5, 5.41) is 6.66. The van der Waals surface area contributed by atoms with Crippen LogP contribution in [0.15, 0.2) is 17.9 Å². The second-order valence-electron chi connectivity index (χ2n) is 4.30. The van der Waals surface area contributed by atoms with Gasteiger partial charge in [-0.25, -0.2) is 9.97 Å². The van der Waals surface area contributed by atoms with Crippen molar-refractivity contribution in [1.82, 2.24) is 19.9 Å². The molecule has 98 valence electrons. The van der Waals surface area contributed by atoms with Gasteiger partial charge in [-0.1, -0.05) is 13.8 Å². The second kappa shape index (κ2) is 6.66. The van der Waals surface area contributed by atoms with Crippen LogP contribution in [0.5, 0.6) is 0 Å². The van der Waals surface area contributed by atoms with E-state index in [9.17, 15) is 0 Å². The van der Waals surface area contributed by atoms with Crippen LogP contribution in [0.3, 0.4) is 0 Å². The van der Waals surface area contributed by atoms with Gasteiger partial charge in [0.05, 0.1) is 29.3 Å². The Bertz CT molecular complexity index is 475. The van der Waals surface area contributed by atoms with Crippen LogP contribution >= 0.6 is 11.3 Å². The van der Waals surface area contributed by atoms with Crippen LogP contribution in [0.1, 0.15) is 36.7 Å². The number of rotatable bonds is 7.